The Kier molecular flexibility index (Phi) is 3.40. The van der Waals surface area contributed by atoms with E-state index in [0.29, 0.717) is 5.57 Å². The first-order valence-electron chi connectivity index (χ1n) is 5.22. The number of rotatable bonds is 3. The fourth-order valence-corrected chi connectivity index (χ4v) is 2.33. The number of benzene rings is 1. The second-order valence-corrected chi connectivity index (χ2v) is 4.70. The lowest BCUT2D eigenvalue weighted by Crippen LogP contribution is -1.97. The van der Waals surface area contributed by atoms with Crippen LogP contribution in [0.1, 0.15) is 16.0 Å². The summed E-state index contributed by atoms with van der Waals surface area (Å²) < 4.78 is 0. The molecule has 0 saturated carbocycles. The molecule has 0 saturated heterocycles. The number of hydrogen-bond acceptors (Lipinski definition) is 2. The average molecular weight is 244 g/mol. The molecule has 1 N–H and O–H groups in total. The van der Waals surface area contributed by atoms with Crippen LogP contribution in [-0.4, -0.2) is 11.1 Å². The predicted molar refractivity (Wildman–Crippen MR) is 71.0 cm³/mol. The molecular formula is C14H12O2S. The second-order valence-electron chi connectivity index (χ2n) is 3.75. The first-order chi connectivity index (χ1) is 8.16. The van der Waals surface area contributed by atoms with Gasteiger partial charge in [-0.3, -0.25) is 0 Å². The van der Waals surface area contributed by atoms with E-state index in [9.17, 15) is 9.90 Å². The van der Waals surface area contributed by atoms with E-state index in [2.05, 4.69) is 0 Å². The van der Waals surface area contributed by atoms with Crippen molar-refractivity contribution >= 4 is 29.0 Å². The van der Waals surface area contributed by atoms with Crippen LogP contribution in [0, 0.1) is 6.92 Å². The lowest BCUT2D eigenvalue weighted by Gasteiger charge is -2.00. The van der Waals surface area contributed by atoms with Crippen LogP contribution in [0.4, 0.5) is 0 Å². The molecular weight excluding hydrogens is 232 g/mol. The molecule has 0 bridgehead atoms. The molecule has 2 rings (SSSR count). The van der Waals surface area contributed by atoms with Crippen LogP contribution < -0.4 is 0 Å². The van der Waals surface area contributed by atoms with Gasteiger partial charge in [0.15, 0.2) is 0 Å². The third-order valence-corrected chi connectivity index (χ3v) is 3.27. The Balaban J connectivity index is 2.44. The molecule has 0 fully saturated rings. The molecule has 3 heteroatoms. The minimum absolute atomic E-state index is 0.339. The predicted octanol–water partition coefficient (Wildman–Crippen LogP) is 3.68. The summed E-state index contributed by atoms with van der Waals surface area (Å²) in [4.78, 5) is 12.0. The van der Waals surface area contributed by atoms with E-state index in [1.165, 1.54) is 11.3 Å². The highest BCUT2D eigenvalue weighted by atomic mass is 32.1. The lowest BCUT2D eigenvalue weighted by molar-refractivity contribution is -0.130. The van der Waals surface area contributed by atoms with Gasteiger partial charge in [-0.15, -0.1) is 11.3 Å². The molecule has 1 aromatic heterocycles. The van der Waals surface area contributed by atoms with Gasteiger partial charge in [0, 0.05) is 4.88 Å². The molecule has 0 aliphatic rings. The molecule has 0 aliphatic carbocycles. The Hall–Kier alpha value is -1.87. The van der Waals surface area contributed by atoms with Gasteiger partial charge in [0.2, 0.25) is 0 Å². The van der Waals surface area contributed by atoms with E-state index in [1.54, 1.807) is 6.08 Å². The number of hydrogen-bond donors (Lipinski definition) is 1. The van der Waals surface area contributed by atoms with Gasteiger partial charge in [0.1, 0.15) is 0 Å². The highest BCUT2D eigenvalue weighted by molar-refractivity contribution is 7.11. The van der Waals surface area contributed by atoms with Crippen LogP contribution in [0.2, 0.25) is 0 Å². The van der Waals surface area contributed by atoms with E-state index in [1.807, 2.05) is 48.7 Å². The van der Waals surface area contributed by atoms with Crippen molar-refractivity contribution in [3.63, 3.8) is 0 Å². The summed E-state index contributed by atoms with van der Waals surface area (Å²) in [7, 11) is 0. The van der Waals surface area contributed by atoms with Gasteiger partial charge in [0.05, 0.1) is 5.57 Å². The molecule has 17 heavy (non-hydrogen) atoms. The van der Waals surface area contributed by atoms with Crippen LogP contribution in [0.5, 0.6) is 0 Å². The highest BCUT2D eigenvalue weighted by Crippen LogP contribution is 2.23. The van der Waals surface area contributed by atoms with Crippen molar-refractivity contribution in [2.24, 2.45) is 0 Å². The molecule has 0 spiro atoms. The topological polar surface area (TPSA) is 37.3 Å². The van der Waals surface area contributed by atoms with Crippen molar-refractivity contribution in [3.05, 3.63) is 57.8 Å². The minimum atomic E-state index is -0.894. The van der Waals surface area contributed by atoms with Gasteiger partial charge in [-0.1, -0.05) is 35.9 Å². The smallest absolute Gasteiger partial charge is 0.337 e. The molecule has 2 aromatic rings. The number of carbonyl (C=O) groups is 1. The summed E-state index contributed by atoms with van der Waals surface area (Å²) >= 11 is 1.43. The van der Waals surface area contributed by atoms with Crippen LogP contribution >= 0.6 is 11.3 Å². The third-order valence-electron chi connectivity index (χ3n) is 2.37. The SMILES string of the molecule is Cc1cccc(/C=C(\C(=O)O)c2cccs2)c1. The fourth-order valence-electron chi connectivity index (χ4n) is 1.60. The van der Waals surface area contributed by atoms with E-state index >= 15 is 0 Å². The average Bonchev–Trinajstić information content (AvgIpc) is 2.78. The first kappa shape index (κ1) is 11.6. The molecule has 0 amide bonds. The Labute approximate surface area is 104 Å². The highest BCUT2D eigenvalue weighted by Gasteiger charge is 2.11. The first-order valence-corrected chi connectivity index (χ1v) is 6.10. The van der Waals surface area contributed by atoms with Gasteiger partial charge in [-0.05, 0) is 30.0 Å². The monoisotopic (exact) mass is 244 g/mol. The van der Waals surface area contributed by atoms with Gasteiger partial charge < -0.3 is 5.11 Å². The zero-order chi connectivity index (χ0) is 12.3. The maximum atomic E-state index is 11.2. The molecule has 0 unspecified atom stereocenters. The van der Waals surface area contributed by atoms with Crippen molar-refractivity contribution in [2.45, 2.75) is 6.92 Å². The van der Waals surface area contributed by atoms with Gasteiger partial charge in [0.25, 0.3) is 0 Å². The zero-order valence-corrected chi connectivity index (χ0v) is 10.2. The Morgan fingerprint density at radius 2 is 2.12 bits per heavy atom. The maximum Gasteiger partial charge on any atom is 0.337 e. The van der Waals surface area contributed by atoms with Crippen molar-refractivity contribution in [2.75, 3.05) is 0 Å². The Bertz CT molecular complexity index is 553. The molecule has 0 atom stereocenters. The lowest BCUT2D eigenvalue weighted by atomic mass is 10.1. The number of carboxylic acid groups (broad SMARTS) is 1. The van der Waals surface area contributed by atoms with Crippen LogP contribution in [0.3, 0.4) is 0 Å². The summed E-state index contributed by atoms with van der Waals surface area (Å²) in [6, 6.07) is 11.5. The van der Waals surface area contributed by atoms with Gasteiger partial charge >= 0.3 is 5.97 Å². The summed E-state index contributed by atoms with van der Waals surface area (Å²) in [6.45, 7) is 1.99. The summed E-state index contributed by atoms with van der Waals surface area (Å²) in [5.41, 5.74) is 2.37. The Morgan fingerprint density at radius 3 is 2.71 bits per heavy atom. The van der Waals surface area contributed by atoms with Crippen molar-refractivity contribution in [3.8, 4) is 0 Å². The van der Waals surface area contributed by atoms with E-state index in [-0.39, 0.29) is 0 Å². The summed E-state index contributed by atoms with van der Waals surface area (Å²) in [5.74, 6) is -0.894. The third kappa shape index (κ3) is 2.82. The molecule has 0 radical (unpaired) electrons. The van der Waals surface area contributed by atoms with E-state index in [4.69, 9.17) is 0 Å². The van der Waals surface area contributed by atoms with E-state index in [0.717, 1.165) is 16.0 Å². The van der Waals surface area contributed by atoms with Crippen molar-refractivity contribution in [1.82, 2.24) is 0 Å². The summed E-state index contributed by atoms with van der Waals surface area (Å²) in [6.07, 6.45) is 1.71. The Morgan fingerprint density at radius 1 is 1.29 bits per heavy atom. The number of aryl methyl sites for hydroxylation is 1. The minimum Gasteiger partial charge on any atom is -0.478 e. The number of carboxylic acids is 1. The maximum absolute atomic E-state index is 11.2. The molecule has 1 aromatic carbocycles. The zero-order valence-electron chi connectivity index (χ0n) is 9.38. The van der Waals surface area contributed by atoms with Crippen LogP contribution in [0.25, 0.3) is 11.6 Å². The molecule has 2 nitrogen and oxygen atoms in total. The van der Waals surface area contributed by atoms with Crippen LogP contribution in [0.15, 0.2) is 41.8 Å². The van der Waals surface area contributed by atoms with Gasteiger partial charge in [-0.25, -0.2) is 4.79 Å². The number of aliphatic carboxylic acids is 1. The van der Waals surface area contributed by atoms with Crippen molar-refractivity contribution in [1.29, 1.82) is 0 Å². The quantitative estimate of drug-likeness (QED) is 0.836. The standard InChI is InChI=1S/C14H12O2S/c1-10-4-2-5-11(8-10)9-12(14(15)16)13-6-3-7-17-13/h2-9H,1H3,(H,15,16)/b12-9-. The fraction of sp³-hybridized carbons (Fsp3) is 0.0714. The molecule has 1 heterocycles. The molecule has 86 valence electrons. The van der Waals surface area contributed by atoms with Crippen molar-refractivity contribution < 1.29 is 9.90 Å². The summed E-state index contributed by atoms with van der Waals surface area (Å²) in [5, 5.41) is 11.1. The van der Waals surface area contributed by atoms with E-state index < -0.39 is 5.97 Å². The van der Waals surface area contributed by atoms with Gasteiger partial charge in [-0.2, -0.15) is 0 Å². The molecule has 0 aliphatic heterocycles. The number of thiophene rings is 1. The normalized spacial score (nSPS) is 11.5. The largest absolute Gasteiger partial charge is 0.478 e. The van der Waals surface area contributed by atoms with Crippen LogP contribution in [-0.2, 0) is 4.79 Å². The second kappa shape index (κ2) is 4.97.